The molecule has 10 atom stereocenters. The van der Waals surface area contributed by atoms with Gasteiger partial charge in [-0.1, -0.05) is 19.4 Å². The number of aromatic nitrogens is 1. The number of fused-ring (bicyclic) bond motifs is 5. The minimum atomic E-state index is -3.98. The number of rotatable bonds is 10. The summed E-state index contributed by atoms with van der Waals surface area (Å²) >= 11 is -1.05. The number of halogens is 1. The summed E-state index contributed by atoms with van der Waals surface area (Å²) in [7, 11) is -3.98. The summed E-state index contributed by atoms with van der Waals surface area (Å²) < 4.78 is 45.6. The molecule has 3 saturated heterocycles. The number of alkyl halides is 2. The van der Waals surface area contributed by atoms with E-state index in [9.17, 15) is 27.9 Å². The summed E-state index contributed by atoms with van der Waals surface area (Å²) in [5.41, 5.74) is 0.907. The van der Waals surface area contributed by atoms with Crippen molar-refractivity contribution in [3.8, 4) is 11.6 Å². The number of carbonyl (C=O) groups excluding carboxylic acids is 3. The number of nitrogens with one attached hydrogen (secondary N) is 3. The molecule has 1 aromatic carbocycles. The number of carbonyl (C=O) groups is 3. The Morgan fingerprint density at radius 3 is 2.60 bits per heavy atom. The van der Waals surface area contributed by atoms with Gasteiger partial charge in [0.2, 0.25) is 0 Å². The van der Waals surface area contributed by atoms with Gasteiger partial charge in [0.25, 0.3) is 0 Å². The molecular formula is C46H66IN6O9S-. The molecule has 1 aromatic heterocycles. The zero-order chi connectivity index (χ0) is 44.9. The van der Waals surface area contributed by atoms with Crippen LogP contribution >= 0.6 is 0 Å². The van der Waals surface area contributed by atoms with Gasteiger partial charge in [-0.05, 0) is 32.4 Å². The van der Waals surface area contributed by atoms with E-state index in [0.29, 0.717) is 37.7 Å². The molecule has 17 heteroatoms. The van der Waals surface area contributed by atoms with E-state index in [4.69, 9.17) is 19.2 Å². The van der Waals surface area contributed by atoms with Crippen LogP contribution in [-0.4, -0.2) is 122 Å². The van der Waals surface area contributed by atoms with Crippen LogP contribution < -0.4 is 46.0 Å². The normalized spacial score (nSPS) is 33.6. The van der Waals surface area contributed by atoms with Gasteiger partial charge in [-0.25, -0.2) is 0 Å². The number of likely N-dealkylation sites (tertiary alicyclic amines) is 1. The maximum atomic E-state index is 14.7. The van der Waals surface area contributed by atoms with Gasteiger partial charge in [0.15, 0.2) is 0 Å². The number of sulfonamides is 1. The van der Waals surface area contributed by atoms with E-state index in [1.54, 1.807) is 17.9 Å². The van der Waals surface area contributed by atoms with E-state index >= 15 is 0 Å². The van der Waals surface area contributed by atoms with Gasteiger partial charge in [-0.2, -0.15) is 0 Å². The molecule has 2 aliphatic carbocycles. The molecule has 6 aliphatic rings. The number of piperidine rings is 1. The first kappa shape index (κ1) is 46.3. The molecule has 8 rings (SSSR count). The van der Waals surface area contributed by atoms with Crippen LogP contribution in [0.5, 0.6) is 11.6 Å². The van der Waals surface area contributed by atoms with E-state index < -0.39 is 91.2 Å². The summed E-state index contributed by atoms with van der Waals surface area (Å²) in [5.74, 6) is 0.531. The fourth-order valence-corrected chi connectivity index (χ4v) is 13.7. The standard InChI is InChI=1S/C46H66IN6O9S/c1-7-36-46(47-36,42(56)51-63(58,59)45(6)20-21-45)50-39(54)34-24-30-26-53(34)41(55)38(44(3,4)5)49-43(57)62-35-23-29(35)16-10-9-11-18-32-37(60-27-28-15-14-22-52(8-2)25-28)31-17-12-13-19-33(31)48-40(32)61-30/h7,12-13,17,19,28-30,34-36,38,41,55H,1,8-11,14-16,18,20-27H2,2-6H3,(H,49,57)(H,50,54)(H,51,56)/q-1/t28?,29-,30-,34+,35-,36+,38-,41?,46-/m1/s1. The molecule has 15 nitrogen and oxygen atoms in total. The number of aliphatic hydroxyl groups excluding tert-OH is 1. The Hall–Kier alpha value is -3.26. The summed E-state index contributed by atoms with van der Waals surface area (Å²) in [6, 6.07) is 6.01. The monoisotopic (exact) mass is 1010 g/mol. The SMILES string of the molecule is C=C[C@@H]1[I-][C@]1(NC(=O)[C@@H]1C[C@@H]2CN1C(O)[C@H](C(C)(C)C)NC(=O)O[C@@H]1C[C@H]1CCCCCc1c(nc3ccccc3c1OCC1CCCN(CC)C1)O2)C(=O)NS(=O)(=O)C1(C)CC1. The molecule has 4 aliphatic heterocycles. The Morgan fingerprint density at radius 1 is 1.11 bits per heavy atom. The number of hydrogen-bond donors (Lipinski definition) is 4. The molecule has 0 spiro atoms. The molecule has 5 heterocycles. The van der Waals surface area contributed by atoms with Crippen LogP contribution in [0.4, 0.5) is 4.79 Å². The third-order valence-corrected chi connectivity index (χ3v) is 20.1. The molecule has 63 heavy (non-hydrogen) atoms. The topological polar surface area (TPSA) is 189 Å². The number of para-hydroxylation sites is 1. The molecule has 2 bridgehead atoms. The molecule has 5 fully saturated rings. The maximum absolute atomic E-state index is 14.7. The van der Waals surface area contributed by atoms with Gasteiger partial charge in [0.1, 0.15) is 0 Å². The number of hydrogen-bond acceptors (Lipinski definition) is 12. The Labute approximate surface area is 382 Å². The van der Waals surface area contributed by atoms with Crippen LogP contribution in [0.15, 0.2) is 36.9 Å². The molecule has 4 N–H and O–H groups in total. The predicted octanol–water partition coefficient (Wildman–Crippen LogP) is 1.60. The third-order valence-electron chi connectivity index (χ3n) is 14.1. The fraction of sp³-hybridized carbons (Fsp3) is 0.696. The number of pyridine rings is 1. The van der Waals surface area contributed by atoms with Gasteiger partial charge < -0.3 is 4.90 Å². The summed E-state index contributed by atoms with van der Waals surface area (Å²) in [6.45, 7) is 17.1. The van der Waals surface area contributed by atoms with E-state index in [0.717, 1.165) is 86.8 Å². The van der Waals surface area contributed by atoms with Crippen molar-refractivity contribution in [1.82, 2.24) is 30.1 Å². The van der Waals surface area contributed by atoms with Crippen molar-refractivity contribution in [3.05, 3.63) is 42.5 Å². The van der Waals surface area contributed by atoms with E-state index in [-0.39, 0.29) is 25.0 Å². The molecule has 3 amide bonds. The Kier molecular flexibility index (Phi) is 13.4. The molecular weight excluding hydrogens is 940 g/mol. The van der Waals surface area contributed by atoms with Gasteiger partial charge in [-0.3, -0.25) is 0 Å². The first-order chi connectivity index (χ1) is 29.9. The fourth-order valence-electron chi connectivity index (χ4n) is 9.57. The summed E-state index contributed by atoms with van der Waals surface area (Å²) in [5, 5.41) is 19.2. The quantitative estimate of drug-likeness (QED) is 0.117. The van der Waals surface area contributed by atoms with Crippen LogP contribution in [0.1, 0.15) is 104 Å². The molecule has 3 unspecified atom stereocenters. The first-order valence-corrected chi connectivity index (χ1v) is 26.8. The van der Waals surface area contributed by atoms with Crippen LogP contribution in [0.25, 0.3) is 10.9 Å². The van der Waals surface area contributed by atoms with E-state index in [1.807, 2.05) is 45.0 Å². The van der Waals surface area contributed by atoms with Crippen molar-refractivity contribution in [3.63, 3.8) is 0 Å². The van der Waals surface area contributed by atoms with E-state index in [2.05, 4.69) is 33.8 Å². The van der Waals surface area contributed by atoms with Crippen molar-refractivity contribution in [2.24, 2.45) is 17.3 Å². The first-order valence-electron chi connectivity index (χ1n) is 23.0. The van der Waals surface area contributed by atoms with Crippen LogP contribution in [0.2, 0.25) is 0 Å². The summed E-state index contributed by atoms with van der Waals surface area (Å²) in [6.07, 6.45) is 7.14. The van der Waals surface area contributed by atoms with Crippen molar-refractivity contribution in [2.45, 2.75) is 148 Å². The van der Waals surface area contributed by atoms with Gasteiger partial charge in [0, 0.05) is 12.5 Å². The van der Waals surface area contributed by atoms with Crippen LogP contribution in [-0.2, 0) is 30.8 Å². The van der Waals surface area contributed by atoms with Crippen LogP contribution in [0.3, 0.4) is 0 Å². The Balaban J connectivity index is 1.13. The number of amides is 3. The Morgan fingerprint density at radius 2 is 1.89 bits per heavy atom. The average molecular weight is 1010 g/mol. The number of alkyl carbamates (subject to hydrolysis) is 1. The Bertz CT molecular complexity index is 2180. The van der Waals surface area contributed by atoms with Gasteiger partial charge in [0.05, 0.1) is 0 Å². The third kappa shape index (κ3) is 9.97. The number of ether oxygens (including phenoxy) is 3. The second kappa shape index (κ2) is 18.2. The second-order valence-corrected chi connectivity index (χ2v) is 25.8. The predicted molar refractivity (Wildman–Crippen MR) is 234 cm³/mol. The zero-order valence-corrected chi connectivity index (χ0v) is 40.3. The number of aliphatic hydroxyl groups is 1. The van der Waals surface area contributed by atoms with Gasteiger partial charge >= 0.3 is 315 Å². The van der Waals surface area contributed by atoms with Crippen molar-refractivity contribution >= 4 is 38.8 Å². The average Bonchev–Trinajstić information content (AvgIpc) is 4.21. The number of benzene rings is 1. The van der Waals surface area contributed by atoms with Crippen molar-refractivity contribution in [2.75, 3.05) is 32.8 Å². The van der Waals surface area contributed by atoms with Crippen molar-refractivity contribution < 1.29 is 63.3 Å². The molecule has 0 radical (unpaired) electrons. The van der Waals surface area contributed by atoms with Gasteiger partial charge in [-0.15, -0.1) is 0 Å². The molecule has 2 aromatic rings. The van der Waals surface area contributed by atoms with Crippen molar-refractivity contribution in [1.29, 1.82) is 0 Å². The molecule has 348 valence electrons. The second-order valence-electron chi connectivity index (χ2n) is 19.9. The molecule has 2 saturated carbocycles. The van der Waals surface area contributed by atoms with Crippen LogP contribution in [0, 0.1) is 17.3 Å². The summed E-state index contributed by atoms with van der Waals surface area (Å²) in [4.78, 5) is 51.3. The zero-order valence-electron chi connectivity index (χ0n) is 37.4. The minimum absolute atomic E-state index is 0.0815. The van der Waals surface area contributed by atoms with E-state index in [1.165, 1.54) is 0 Å². The number of nitrogens with zero attached hydrogens (tertiary/aromatic N) is 3.